The van der Waals surface area contributed by atoms with Gasteiger partial charge in [0.15, 0.2) is 5.78 Å². The van der Waals surface area contributed by atoms with Crippen LogP contribution in [-0.4, -0.2) is 10.4 Å². The molecule has 0 unspecified atom stereocenters. The summed E-state index contributed by atoms with van der Waals surface area (Å²) in [5.74, 6) is 0.578. The van der Waals surface area contributed by atoms with E-state index in [9.17, 15) is 4.79 Å². The van der Waals surface area contributed by atoms with Gasteiger partial charge in [0, 0.05) is 17.6 Å². The zero-order chi connectivity index (χ0) is 13.2. The minimum Gasteiger partial charge on any atom is -0.340 e. The number of rotatable bonds is 3. The Morgan fingerprint density at radius 2 is 2.11 bits per heavy atom. The summed E-state index contributed by atoms with van der Waals surface area (Å²) in [6.07, 6.45) is 6.39. The van der Waals surface area contributed by atoms with E-state index in [0.717, 1.165) is 23.7 Å². The van der Waals surface area contributed by atoms with Crippen molar-refractivity contribution in [3.05, 3.63) is 36.0 Å². The Bertz CT molecular complexity index is 657. The van der Waals surface area contributed by atoms with Gasteiger partial charge in [-0.15, -0.1) is 0 Å². The molecule has 96 valence electrons. The van der Waals surface area contributed by atoms with Gasteiger partial charge in [0.05, 0.1) is 18.2 Å². The summed E-state index contributed by atoms with van der Waals surface area (Å²) in [6, 6.07) is 9.75. The second-order valence-corrected chi connectivity index (χ2v) is 5.28. The van der Waals surface area contributed by atoms with Crippen molar-refractivity contribution in [1.82, 2.24) is 4.57 Å². The zero-order valence-corrected chi connectivity index (χ0v) is 10.8. The maximum Gasteiger partial charge on any atom is 0.155 e. The van der Waals surface area contributed by atoms with Crippen LogP contribution in [0.3, 0.4) is 0 Å². The van der Waals surface area contributed by atoms with Crippen LogP contribution in [-0.2, 0) is 11.3 Å². The molecule has 0 spiro atoms. The van der Waals surface area contributed by atoms with Gasteiger partial charge in [-0.3, -0.25) is 4.79 Å². The van der Waals surface area contributed by atoms with Crippen molar-refractivity contribution >= 4 is 16.7 Å². The Hall–Kier alpha value is -2.08. The van der Waals surface area contributed by atoms with Crippen LogP contribution in [0.5, 0.6) is 0 Å². The van der Waals surface area contributed by atoms with Gasteiger partial charge in [-0.25, -0.2) is 0 Å². The van der Waals surface area contributed by atoms with Crippen molar-refractivity contribution in [3.63, 3.8) is 0 Å². The van der Waals surface area contributed by atoms with Crippen molar-refractivity contribution in [2.45, 2.75) is 32.2 Å². The Morgan fingerprint density at radius 1 is 1.32 bits per heavy atom. The molecule has 1 fully saturated rings. The smallest absolute Gasteiger partial charge is 0.155 e. The third-order valence-electron chi connectivity index (χ3n) is 4.04. The molecular weight excluding hydrogens is 236 g/mol. The third-order valence-corrected chi connectivity index (χ3v) is 4.04. The fourth-order valence-corrected chi connectivity index (χ4v) is 2.94. The first kappa shape index (κ1) is 12.0. The van der Waals surface area contributed by atoms with Gasteiger partial charge in [-0.1, -0.05) is 18.9 Å². The topological polar surface area (TPSA) is 45.8 Å². The van der Waals surface area contributed by atoms with Crippen LogP contribution in [0.25, 0.3) is 10.9 Å². The maximum atomic E-state index is 12.2. The van der Waals surface area contributed by atoms with E-state index in [1.54, 1.807) is 0 Å². The van der Waals surface area contributed by atoms with Gasteiger partial charge < -0.3 is 4.57 Å². The van der Waals surface area contributed by atoms with Crippen LogP contribution in [0.1, 0.15) is 31.2 Å². The van der Waals surface area contributed by atoms with Gasteiger partial charge in [0.25, 0.3) is 0 Å². The van der Waals surface area contributed by atoms with E-state index in [-0.39, 0.29) is 5.92 Å². The summed E-state index contributed by atoms with van der Waals surface area (Å²) in [7, 11) is 0. The first-order valence-electron chi connectivity index (χ1n) is 6.79. The van der Waals surface area contributed by atoms with E-state index in [2.05, 4.69) is 6.07 Å². The van der Waals surface area contributed by atoms with Gasteiger partial charge >= 0.3 is 0 Å². The first-order chi connectivity index (χ1) is 9.28. The highest BCUT2D eigenvalue weighted by Crippen LogP contribution is 2.26. The van der Waals surface area contributed by atoms with Crippen molar-refractivity contribution < 1.29 is 4.79 Å². The number of carbonyl (C=O) groups is 1. The predicted molar refractivity (Wildman–Crippen MR) is 73.6 cm³/mol. The summed E-state index contributed by atoms with van der Waals surface area (Å²) in [5.41, 5.74) is 1.62. The molecule has 3 nitrogen and oxygen atoms in total. The zero-order valence-electron chi connectivity index (χ0n) is 10.8. The van der Waals surface area contributed by atoms with E-state index in [4.69, 9.17) is 5.26 Å². The molecule has 1 aromatic heterocycles. The van der Waals surface area contributed by atoms with Crippen LogP contribution in [0, 0.1) is 17.2 Å². The summed E-state index contributed by atoms with van der Waals surface area (Å²) < 4.78 is 1.97. The van der Waals surface area contributed by atoms with Gasteiger partial charge in [-0.2, -0.15) is 5.26 Å². The van der Waals surface area contributed by atoms with E-state index < -0.39 is 0 Å². The summed E-state index contributed by atoms with van der Waals surface area (Å²) in [6.45, 7) is 0.434. The molecular formula is C16H16N2O. The molecule has 0 saturated heterocycles. The number of nitrogens with zero attached hydrogens (tertiary/aromatic N) is 2. The molecule has 0 amide bonds. The quantitative estimate of drug-likeness (QED) is 0.841. The highest BCUT2D eigenvalue weighted by Gasteiger charge is 2.22. The molecule has 1 saturated carbocycles. The molecule has 0 aliphatic heterocycles. The second kappa shape index (κ2) is 4.89. The molecule has 1 aliphatic rings. The lowest BCUT2D eigenvalue weighted by Crippen LogP contribution is -2.17. The fraction of sp³-hybridized carbons (Fsp3) is 0.375. The Kier molecular flexibility index (Phi) is 3.08. The molecule has 2 aromatic rings. The summed E-state index contributed by atoms with van der Waals surface area (Å²) in [4.78, 5) is 12.2. The predicted octanol–water partition coefficient (Wildman–Crippen LogP) is 3.27. The number of hydrogen-bond donors (Lipinski definition) is 0. The Morgan fingerprint density at radius 3 is 2.84 bits per heavy atom. The number of aromatic nitrogens is 1. The second-order valence-electron chi connectivity index (χ2n) is 5.28. The Balaban J connectivity index is 1.88. The van der Waals surface area contributed by atoms with Crippen LogP contribution in [0.15, 0.2) is 30.5 Å². The highest BCUT2D eigenvalue weighted by molar-refractivity contribution is 5.86. The maximum absolute atomic E-state index is 12.2. The molecule has 3 heteroatoms. The van der Waals surface area contributed by atoms with Crippen LogP contribution in [0.4, 0.5) is 0 Å². The van der Waals surface area contributed by atoms with E-state index in [0.29, 0.717) is 17.9 Å². The molecule has 0 radical (unpaired) electrons. The van der Waals surface area contributed by atoms with Crippen LogP contribution >= 0.6 is 0 Å². The molecule has 1 aliphatic carbocycles. The SMILES string of the molecule is N#Cc1ccc2ccn(CC(=O)C3CCCC3)c2c1. The van der Waals surface area contributed by atoms with Crippen molar-refractivity contribution in [2.75, 3.05) is 0 Å². The number of hydrogen-bond acceptors (Lipinski definition) is 2. The minimum atomic E-state index is 0.247. The molecule has 1 aromatic carbocycles. The molecule has 0 N–H and O–H groups in total. The lowest BCUT2D eigenvalue weighted by atomic mass is 10.0. The molecule has 19 heavy (non-hydrogen) atoms. The van der Waals surface area contributed by atoms with Crippen LogP contribution in [0.2, 0.25) is 0 Å². The van der Waals surface area contributed by atoms with Gasteiger partial charge in [-0.05, 0) is 36.4 Å². The van der Waals surface area contributed by atoms with Gasteiger partial charge in [0.1, 0.15) is 0 Å². The Labute approximate surface area is 112 Å². The standard InChI is InChI=1S/C16H16N2O/c17-10-12-5-6-13-7-8-18(15(13)9-12)11-16(19)14-3-1-2-4-14/h5-9,14H,1-4,11H2. The fourth-order valence-electron chi connectivity index (χ4n) is 2.94. The normalized spacial score (nSPS) is 15.7. The monoisotopic (exact) mass is 252 g/mol. The molecule has 0 atom stereocenters. The summed E-state index contributed by atoms with van der Waals surface area (Å²) >= 11 is 0. The van der Waals surface area contributed by atoms with Crippen LogP contribution < -0.4 is 0 Å². The number of benzene rings is 1. The number of fused-ring (bicyclic) bond motifs is 1. The minimum absolute atomic E-state index is 0.247. The molecule has 3 rings (SSSR count). The van der Waals surface area contributed by atoms with Crippen molar-refractivity contribution in [1.29, 1.82) is 5.26 Å². The average molecular weight is 252 g/mol. The first-order valence-corrected chi connectivity index (χ1v) is 6.79. The summed E-state index contributed by atoms with van der Waals surface area (Å²) in [5, 5.41) is 10.0. The van der Waals surface area contributed by atoms with E-state index in [1.807, 2.05) is 35.0 Å². The van der Waals surface area contributed by atoms with E-state index >= 15 is 0 Å². The lowest BCUT2D eigenvalue weighted by Gasteiger charge is -2.09. The molecule has 1 heterocycles. The number of carbonyl (C=O) groups excluding carboxylic acids is 1. The molecule has 0 bridgehead atoms. The van der Waals surface area contributed by atoms with Crippen molar-refractivity contribution in [3.8, 4) is 6.07 Å². The number of Topliss-reactive ketones (excluding diaryl/α,β-unsaturated/α-hetero) is 1. The largest absolute Gasteiger partial charge is 0.340 e. The number of nitriles is 1. The lowest BCUT2D eigenvalue weighted by molar-refractivity contribution is -0.123. The van der Waals surface area contributed by atoms with Crippen molar-refractivity contribution in [2.24, 2.45) is 5.92 Å². The highest BCUT2D eigenvalue weighted by atomic mass is 16.1. The number of ketones is 1. The van der Waals surface area contributed by atoms with E-state index in [1.165, 1.54) is 12.8 Å². The average Bonchev–Trinajstić information content (AvgIpc) is 3.08. The van der Waals surface area contributed by atoms with Gasteiger partial charge in [0.2, 0.25) is 0 Å². The third kappa shape index (κ3) is 2.26.